The van der Waals surface area contributed by atoms with Gasteiger partial charge in [-0.25, -0.2) is 13.1 Å². The number of benzene rings is 1. The summed E-state index contributed by atoms with van der Waals surface area (Å²) in [6.45, 7) is 8.33. The van der Waals surface area contributed by atoms with Gasteiger partial charge in [0, 0.05) is 26.6 Å². The second-order valence-electron chi connectivity index (χ2n) is 5.49. The van der Waals surface area contributed by atoms with E-state index in [1.165, 1.54) is 14.0 Å². The molecular formula is C16H26N2O4S. The van der Waals surface area contributed by atoms with E-state index in [-0.39, 0.29) is 17.3 Å². The summed E-state index contributed by atoms with van der Waals surface area (Å²) < 4.78 is 32.7. The third kappa shape index (κ3) is 5.21. The van der Waals surface area contributed by atoms with Crippen molar-refractivity contribution in [3.05, 3.63) is 23.3 Å². The summed E-state index contributed by atoms with van der Waals surface area (Å²) in [6, 6.07) is 3.31. The van der Waals surface area contributed by atoms with Crippen LogP contribution < -0.4 is 9.46 Å². The number of aryl methyl sites for hydroxylation is 2. The Balaban J connectivity index is 2.88. The molecule has 0 aliphatic heterocycles. The SMILES string of the molecule is CCCN(CCNS(=O)(=O)c1cc(C)c(C)cc1OC)C(C)=O. The lowest BCUT2D eigenvalue weighted by atomic mass is 10.1. The number of amides is 1. The molecule has 0 aromatic heterocycles. The van der Waals surface area contributed by atoms with Gasteiger partial charge in [0.1, 0.15) is 10.6 Å². The van der Waals surface area contributed by atoms with Crippen molar-refractivity contribution in [2.24, 2.45) is 0 Å². The number of ether oxygens (including phenoxy) is 1. The van der Waals surface area contributed by atoms with E-state index in [1.807, 2.05) is 20.8 Å². The molecule has 0 atom stereocenters. The summed E-state index contributed by atoms with van der Waals surface area (Å²) in [7, 11) is -2.25. The van der Waals surface area contributed by atoms with Crippen molar-refractivity contribution in [1.29, 1.82) is 0 Å². The minimum absolute atomic E-state index is 0.0604. The molecule has 0 aliphatic carbocycles. The van der Waals surface area contributed by atoms with Crippen LogP contribution in [0.1, 0.15) is 31.4 Å². The Labute approximate surface area is 138 Å². The lowest BCUT2D eigenvalue weighted by Gasteiger charge is -2.20. The number of carbonyl (C=O) groups excluding carboxylic acids is 1. The highest BCUT2D eigenvalue weighted by Gasteiger charge is 2.20. The maximum absolute atomic E-state index is 12.5. The highest BCUT2D eigenvalue weighted by molar-refractivity contribution is 7.89. The van der Waals surface area contributed by atoms with E-state index in [4.69, 9.17) is 4.74 Å². The third-order valence-electron chi connectivity index (χ3n) is 3.68. The van der Waals surface area contributed by atoms with E-state index >= 15 is 0 Å². The number of rotatable bonds is 8. The van der Waals surface area contributed by atoms with Crippen LogP contribution in [-0.2, 0) is 14.8 Å². The maximum atomic E-state index is 12.5. The van der Waals surface area contributed by atoms with Crippen molar-refractivity contribution in [2.45, 2.75) is 39.0 Å². The van der Waals surface area contributed by atoms with Crippen LogP contribution in [0.5, 0.6) is 5.75 Å². The summed E-state index contributed by atoms with van der Waals surface area (Å²) in [6.07, 6.45) is 0.831. The van der Waals surface area contributed by atoms with Crippen molar-refractivity contribution in [2.75, 3.05) is 26.7 Å². The molecular weight excluding hydrogens is 316 g/mol. The fourth-order valence-corrected chi connectivity index (χ4v) is 3.48. The van der Waals surface area contributed by atoms with Gasteiger partial charge in [0.2, 0.25) is 15.9 Å². The molecule has 0 heterocycles. The number of methoxy groups -OCH3 is 1. The van der Waals surface area contributed by atoms with Gasteiger partial charge >= 0.3 is 0 Å². The molecule has 1 rings (SSSR count). The highest BCUT2D eigenvalue weighted by Crippen LogP contribution is 2.27. The number of nitrogens with zero attached hydrogens (tertiary/aromatic N) is 1. The van der Waals surface area contributed by atoms with Crippen LogP contribution >= 0.6 is 0 Å². The highest BCUT2D eigenvalue weighted by atomic mass is 32.2. The lowest BCUT2D eigenvalue weighted by molar-refractivity contribution is -0.128. The van der Waals surface area contributed by atoms with Crippen molar-refractivity contribution < 1.29 is 17.9 Å². The van der Waals surface area contributed by atoms with Crippen molar-refractivity contribution in [3.63, 3.8) is 0 Å². The number of nitrogens with one attached hydrogen (secondary N) is 1. The number of sulfonamides is 1. The first-order chi connectivity index (χ1) is 10.7. The first-order valence-electron chi connectivity index (χ1n) is 7.63. The first kappa shape index (κ1) is 19.4. The van der Waals surface area contributed by atoms with Gasteiger partial charge in [-0.2, -0.15) is 0 Å². The monoisotopic (exact) mass is 342 g/mol. The van der Waals surface area contributed by atoms with Gasteiger partial charge in [0.05, 0.1) is 7.11 Å². The molecule has 0 aliphatic rings. The van der Waals surface area contributed by atoms with Gasteiger partial charge < -0.3 is 9.64 Å². The van der Waals surface area contributed by atoms with Crippen LogP contribution in [0.3, 0.4) is 0 Å². The summed E-state index contributed by atoms with van der Waals surface area (Å²) >= 11 is 0. The second kappa shape index (κ2) is 8.31. The molecule has 1 aromatic rings. The second-order valence-corrected chi connectivity index (χ2v) is 7.23. The zero-order chi connectivity index (χ0) is 17.6. The Morgan fingerprint density at radius 2 is 1.83 bits per heavy atom. The average Bonchev–Trinajstić information content (AvgIpc) is 2.48. The summed E-state index contributed by atoms with van der Waals surface area (Å²) in [5.41, 5.74) is 1.84. The van der Waals surface area contributed by atoms with Gasteiger partial charge in [0.15, 0.2) is 0 Å². The fraction of sp³-hybridized carbons (Fsp3) is 0.562. The van der Waals surface area contributed by atoms with Crippen LogP contribution in [0.2, 0.25) is 0 Å². The third-order valence-corrected chi connectivity index (χ3v) is 5.16. The molecule has 1 amide bonds. The Kier molecular flexibility index (Phi) is 7.02. The average molecular weight is 342 g/mol. The number of hydrogen-bond acceptors (Lipinski definition) is 4. The zero-order valence-electron chi connectivity index (χ0n) is 14.5. The van der Waals surface area contributed by atoms with Crippen LogP contribution in [0, 0.1) is 13.8 Å². The van der Waals surface area contributed by atoms with Gasteiger partial charge in [-0.3, -0.25) is 4.79 Å². The molecule has 7 heteroatoms. The molecule has 23 heavy (non-hydrogen) atoms. The molecule has 1 N–H and O–H groups in total. The van der Waals surface area contributed by atoms with E-state index in [1.54, 1.807) is 17.0 Å². The van der Waals surface area contributed by atoms with Gasteiger partial charge in [-0.05, 0) is 43.5 Å². The zero-order valence-corrected chi connectivity index (χ0v) is 15.3. The molecule has 0 spiro atoms. The topological polar surface area (TPSA) is 75.7 Å². The molecule has 6 nitrogen and oxygen atoms in total. The summed E-state index contributed by atoms with van der Waals surface area (Å²) in [5, 5.41) is 0. The first-order valence-corrected chi connectivity index (χ1v) is 9.11. The van der Waals surface area contributed by atoms with Crippen LogP contribution in [0.4, 0.5) is 0 Å². The van der Waals surface area contributed by atoms with Crippen molar-refractivity contribution in [3.8, 4) is 5.75 Å². The smallest absolute Gasteiger partial charge is 0.244 e. The minimum atomic E-state index is -3.69. The van der Waals surface area contributed by atoms with E-state index in [2.05, 4.69) is 4.72 Å². The fourth-order valence-electron chi connectivity index (χ4n) is 2.22. The van der Waals surface area contributed by atoms with Crippen LogP contribution in [0.25, 0.3) is 0 Å². The standard InChI is InChI=1S/C16H26N2O4S/c1-6-8-18(14(4)19)9-7-17-23(20,21)16-11-13(3)12(2)10-15(16)22-5/h10-11,17H,6-9H2,1-5H3. The van der Waals surface area contributed by atoms with Gasteiger partial charge in [-0.1, -0.05) is 6.92 Å². The minimum Gasteiger partial charge on any atom is -0.495 e. The molecule has 0 saturated heterocycles. The van der Waals surface area contributed by atoms with Crippen molar-refractivity contribution >= 4 is 15.9 Å². The molecule has 0 unspecified atom stereocenters. The van der Waals surface area contributed by atoms with E-state index in [0.29, 0.717) is 18.8 Å². The van der Waals surface area contributed by atoms with E-state index in [0.717, 1.165) is 17.5 Å². The molecule has 0 bridgehead atoms. The Morgan fingerprint density at radius 1 is 1.22 bits per heavy atom. The molecule has 130 valence electrons. The lowest BCUT2D eigenvalue weighted by Crippen LogP contribution is -2.38. The number of carbonyl (C=O) groups is 1. The largest absolute Gasteiger partial charge is 0.495 e. The Bertz CT molecular complexity index is 656. The molecule has 0 radical (unpaired) electrons. The van der Waals surface area contributed by atoms with E-state index in [9.17, 15) is 13.2 Å². The molecule has 0 saturated carbocycles. The van der Waals surface area contributed by atoms with Gasteiger partial charge in [0.25, 0.3) is 0 Å². The summed E-state index contributed by atoms with van der Waals surface area (Å²) in [5.74, 6) is 0.257. The normalized spacial score (nSPS) is 11.3. The van der Waals surface area contributed by atoms with Gasteiger partial charge in [-0.15, -0.1) is 0 Å². The molecule has 0 fully saturated rings. The maximum Gasteiger partial charge on any atom is 0.244 e. The predicted octanol–water partition coefficient (Wildman–Crippen LogP) is 1.85. The molecule has 1 aromatic carbocycles. The van der Waals surface area contributed by atoms with E-state index < -0.39 is 10.0 Å². The Hall–Kier alpha value is -1.60. The predicted molar refractivity (Wildman–Crippen MR) is 90.2 cm³/mol. The van der Waals surface area contributed by atoms with Crippen LogP contribution in [-0.4, -0.2) is 46.0 Å². The summed E-state index contributed by atoms with van der Waals surface area (Å²) in [4.78, 5) is 13.2. The van der Waals surface area contributed by atoms with Crippen LogP contribution in [0.15, 0.2) is 17.0 Å². The number of hydrogen-bond donors (Lipinski definition) is 1. The van der Waals surface area contributed by atoms with Crippen molar-refractivity contribution in [1.82, 2.24) is 9.62 Å². The quantitative estimate of drug-likeness (QED) is 0.782. The Morgan fingerprint density at radius 3 is 2.35 bits per heavy atom.